The van der Waals surface area contributed by atoms with E-state index in [1.165, 1.54) is 0 Å². The Labute approximate surface area is 133 Å². The zero-order valence-corrected chi connectivity index (χ0v) is 12.8. The molecule has 0 radical (unpaired) electrons. The lowest BCUT2D eigenvalue weighted by atomic mass is 10.1. The summed E-state index contributed by atoms with van der Waals surface area (Å²) in [5.74, 6) is 0.320. The van der Waals surface area contributed by atoms with Crippen LogP contribution in [0.2, 0.25) is 10.0 Å². The molecule has 110 valence electrons. The van der Waals surface area contributed by atoms with Crippen LogP contribution >= 0.6 is 23.2 Å². The SMILES string of the molecule is O=C(NCCn1ccnc1)[C@H]1C[C@H]1c1ccc(Cl)cc1Cl. The van der Waals surface area contributed by atoms with E-state index in [0.717, 1.165) is 18.5 Å². The molecular weight excluding hydrogens is 309 g/mol. The number of hydrogen-bond acceptors (Lipinski definition) is 2. The number of carbonyl (C=O) groups is 1. The van der Waals surface area contributed by atoms with Gasteiger partial charge in [-0.25, -0.2) is 4.98 Å². The van der Waals surface area contributed by atoms with Crippen LogP contribution in [0.1, 0.15) is 17.9 Å². The van der Waals surface area contributed by atoms with Gasteiger partial charge >= 0.3 is 0 Å². The van der Waals surface area contributed by atoms with E-state index in [4.69, 9.17) is 23.2 Å². The number of nitrogens with zero attached hydrogens (tertiary/aromatic N) is 2. The molecule has 2 atom stereocenters. The molecule has 2 aromatic rings. The highest BCUT2D eigenvalue weighted by molar-refractivity contribution is 6.35. The van der Waals surface area contributed by atoms with E-state index in [-0.39, 0.29) is 17.7 Å². The Hall–Kier alpha value is -1.52. The van der Waals surface area contributed by atoms with Crippen LogP contribution in [0.3, 0.4) is 0 Å². The summed E-state index contributed by atoms with van der Waals surface area (Å²) in [4.78, 5) is 16.1. The Morgan fingerprint density at radius 2 is 2.29 bits per heavy atom. The van der Waals surface area contributed by atoms with Crippen molar-refractivity contribution in [2.24, 2.45) is 5.92 Å². The first kappa shape index (κ1) is 14.4. The van der Waals surface area contributed by atoms with Crippen LogP contribution in [-0.4, -0.2) is 22.0 Å². The number of hydrogen-bond donors (Lipinski definition) is 1. The van der Waals surface area contributed by atoms with Gasteiger partial charge in [-0.2, -0.15) is 0 Å². The third-order valence-corrected chi connectivity index (χ3v) is 4.28. The first-order valence-corrected chi connectivity index (χ1v) is 7.59. The van der Waals surface area contributed by atoms with Gasteiger partial charge in [0.2, 0.25) is 5.91 Å². The maximum absolute atomic E-state index is 12.1. The van der Waals surface area contributed by atoms with Gasteiger partial charge in [0, 0.05) is 41.4 Å². The molecule has 1 aromatic carbocycles. The normalized spacial score (nSPS) is 20.3. The van der Waals surface area contributed by atoms with Crippen LogP contribution in [0.15, 0.2) is 36.9 Å². The summed E-state index contributed by atoms with van der Waals surface area (Å²) in [6.45, 7) is 1.33. The van der Waals surface area contributed by atoms with E-state index in [0.29, 0.717) is 16.6 Å². The standard InChI is InChI=1S/C15H15Cl2N3O/c16-10-1-2-11(14(17)7-10)12-8-13(12)15(21)19-4-6-20-5-3-18-9-20/h1-3,5,7,9,12-13H,4,6,8H2,(H,19,21)/t12-,13-/m0/s1. The molecule has 1 fully saturated rings. The summed E-state index contributed by atoms with van der Waals surface area (Å²) in [6, 6.07) is 5.45. The van der Waals surface area contributed by atoms with Gasteiger partial charge in [0.25, 0.3) is 0 Å². The lowest BCUT2D eigenvalue weighted by Crippen LogP contribution is -2.28. The Morgan fingerprint density at radius 3 is 3.00 bits per heavy atom. The molecule has 1 aliphatic rings. The first-order valence-electron chi connectivity index (χ1n) is 6.83. The van der Waals surface area contributed by atoms with Crippen LogP contribution in [0.4, 0.5) is 0 Å². The Morgan fingerprint density at radius 1 is 1.43 bits per heavy atom. The summed E-state index contributed by atoms with van der Waals surface area (Å²) in [5, 5.41) is 4.21. The average molecular weight is 324 g/mol. The second-order valence-corrected chi connectivity index (χ2v) is 6.05. The van der Waals surface area contributed by atoms with Gasteiger partial charge in [-0.15, -0.1) is 0 Å². The van der Waals surface area contributed by atoms with E-state index < -0.39 is 0 Å². The number of carbonyl (C=O) groups excluding carboxylic acids is 1. The maximum Gasteiger partial charge on any atom is 0.223 e. The molecule has 3 rings (SSSR count). The van der Waals surface area contributed by atoms with Gasteiger partial charge < -0.3 is 9.88 Å². The molecule has 1 aliphatic carbocycles. The van der Waals surface area contributed by atoms with E-state index in [9.17, 15) is 4.79 Å². The predicted molar refractivity (Wildman–Crippen MR) is 82.5 cm³/mol. The van der Waals surface area contributed by atoms with Crippen molar-refractivity contribution in [3.05, 3.63) is 52.5 Å². The quantitative estimate of drug-likeness (QED) is 0.919. The summed E-state index contributed by atoms with van der Waals surface area (Å²) in [6.07, 6.45) is 6.18. The van der Waals surface area contributed by atoms with Crippen LogP contribution in [0.5, 0.6) is 0 Å². The Balaban J connectivity index is 1.51. The molecule has 0 aliphatic heterocycles. The van der Waals surface area contributed by atoms with Crippen molar-refractivity contribution in [1.29, 1.82) is 0 Å². The minimum atomic E-state index is 0.0199. The lowest BCUT2D eigenvalue weighted by molar-refractivity contribution is -0.122. The zero-order chi connectivity index (χ0) is 14.8. The molecule has 1 N–H and O–H groups in total. The smallest absolute Gasteiger partial charge is 0.223 e. The molecule has 1 aromatic heterocycles. The van der Waals surface area contributed by atoms with Gasteiger partial charge in [-0.3, -0.25) is 4.79 Å². The Kier molecular flexibility index (Phi) is 4.17. The molecule has 0 bridgehead atoms. The lowest BCUT2D eigenvalue weighted by Gasteiger charge is -2.07. The summed E-state index contributed by atoms with van der Waals surface area (Å²) >= 11 is 12.1. The van der Waals surface area contributed by atoms with Crippen molar-refractivity contribution in [1.82, 2.24) is 14.9 Å². The summed E-state index contributed by atoms with van der Waals surface area (Å²) in [7, 11) is 0. The second-order valence-electron chi connectivity index (χ2n) is 5.21. The number of nitrogens with one attached hydrogen (secondary N) is 1. The zero-order valence-electron chi connectivity index (χ0n) is 11.3. The highest BCUT2D eigenvalue weighted by Gasteiger charge is 2.44. The predicted octanol–water partition coefficient (Wildman–Crippen LogP) is 3.11. The fourth-order valence-corrected chi connectivity index (χ4v) is 3.04. The molecule has 0 spiro atoms. The van der Waals surface area contributed by atoms with Gasteiger partial charge in [0.05, 0.1) is 6.33 Å². The number of imidazole rings is 1. The number of rotatable bonds is 5. The van der Waals surface area contributed by atoms with E-state index in [2.05, 4.69) is 10.3 Å². The van der Waals surface area contributed by atoms with E-state index in [1.54, 1.807) is 18.6 Å². The highest BCUT2D eigenvalue weighted by atomic mass is 35.5. The van der Waals surface area contributed by atoms with Crippen molar-refractivity contribution < 1.29 is 4.79 Å². The largest absolute Gasteiger partial charge is 0.354 e. The number of aromatic nitrogens is 2. The van der Waals surface area contributed by atoms with E-state index >= 15 is 0 Å². The average Bonchev–Trinajstić information content (AvgIpc) is 3.06. The van der Waals surface area contributed by atoms with Crippen LogP contribution < -0.4 is 5.32 Å². The topological polar surface area (TPSA) is 46.9 Å². The molecule has 1 amide bonds. The number of amides is 1. The molecule has 6 heteroatoms. The van der Waals surface area contributed by atoms with Crippen molar-refractivity contribution in [2.75, 3.05) is 6.54 Å². The van der Waals surface area contributed by atoms with Gasteiger partial charge in [-0.05, 0) is 30.0 Å². The number of benzene rings is 1. The summed E-state index contributed by atoms with van der Waals surface area (Å²) in [5.41, 5.74) is 1.01. The van der Waals surface area contributed by atoms with Crippen LogP contribution in [0, 0.1) is 5.92 Å². The van der Waals surface area contributed by atoms with Crippen LogP contribution in [0.25, 0.3) is 0 Å². The molecule has 1 heterocycles. The monoisotopic (exact) mass is 323 g/mol. The molecular formula is C15H15Cl2N3O. The van der Waals surface area contributed by atoms with Crippen molar-refractivity contribution in [3.63, 3.8) is 0 Å². The number of halogens is 2. The van der Waals surface area contributed by atoms with Crippen molar-refractivity contribution in [3.8, 4) is 0 Å². The van der Waals surface area contributed by atoms with Gasteiger partial charge in [0.15, 0.2) is 0 Å². The Bertz CT molecular complexity index is 642. The van der Waals surface area contributed by atoms with E-state index in [1.807, 2.05) is 22.9 Å². The molecule has 0 saturated heterocycles. The minimum absolute atomic E-state index is 0.0199. The van der Waals surface area contributed by atoms with Gasteiger partial charge in [-0.1, -0.05) is 29.3 Å². The molecule has 21 heavy (non-hydrogen) atoms. The maximum atomic E-state index is 12.1. The third kappa shape index (κ3) is 3.39. The first-order chi connectivity index (χ1) is 10.1. The fraction of sp³-hybridized carbons (Fsp3) is 0.333. The third-order valence-electron chi connectivity index (χ3n) is 3.72. The van der Waals surface area contributed by atoms with Crippen molar-refractivity contribution >= 4 is 29.1 Å². The van der Waals surface area contributed by atoms with Gasteiger partial charge in [0.1, 0.15) is 0 Å². The minimum Gasteiger partial charge on any atom is -0.354 e. The molecule has 1 saturated carbocycles. The molecule has 0 unspecified atom stereocenters. The van der Waals surface area contributed by atoms with Crippen molar-refractivity contribution in [2.45, 2.75) is 18.9 Å². The summed E-state index contributed by atoms with van der Waals surface area (Å²) < 4.78 is 1.93. The highest BCUT2D eigenvalue weighted by Crippen LogP contribution is 2.49. The van der Waals surface area contributed by atoms with Crippen LogP contribution in [-0.2, 0) is 11.3 Å². The fourth-order valence-electron chi connectivity index (χ4n) is 2.49. The molecule has 4 nitrogen and oxygen atoms in total. The second kappa shape index (κ2) is 6.08.